The molecule has 9 rings (SSSR count). The summed E-state index contributed by atoms with van der Waals surface area (Å²) in [7, 11) is 0.136. The Hall–Kier alpha value is -2.80. The van der Waals surface area contributed by atoms with Crippen molar-refractivity contribution >= 4 is 39.8 Å². The number of hydrogen-bond donors (Lipinski definition) is 2. The Labute approximate surface area is 452 Å². The monoisotopic (exact) mass is 1140 g/mol. The van der Waals surface area contributed by atoms with E-state index in [1.165, 1.54) is 28.4 Å². The van der Waals surface area contributed by atoms with Crippen molar-refractivity contribution in [2.75, 3.05) is 211 Å². The number of rotatable bonds is 27. The number of aliphatic hydroxyl groups excluding tert-OH is 2. The van der Waals surface area contributed by atoms with Crippen LogP contribution in [0.2, 0.25) is 0 Å². The number of methoxy groups -OCH3 is 4. The Bertz CT molecular complexity index is 1770. The van der Waals surface area contributed by atoms with Crippen LogP contribution in [-0.2, 0) is 86.1 Å². The number of hydrogen-bond acceptors (Lipinski definition) is 27. The van der Waals surface area contributed by atoms with E-state index in [1.54, 1.807) is 0 Å². The summed E-state index contributed by atoms with van der Waals surface area (Å²) in [4.78, 5) is 66.7. The third-order valence-corrected chi connectivity index (χ3v) is 19.1. The fourth-order valence-electron chi connectivity index (χ4n) is 9.47. The van der Waals surface area contributed by atoms with E-state index in [9.17, 15) is 29.4 Å². The van der Waals surface area contributed by atoms with Crippen molar-refractivity contribution in [1.29, 1.82) is 0 Å². The van der Waals surface area contributed by atoms with E-state index in [4.69, 9.17) is 60.3 Å². The van der Waals surface area contributed by atoms with Crippen LogP contribution in [0.25, 0.3) is 0 Å². The molecule has 0 aliphatic carbocycles. The first-order valence-electron chi connectivity index (χ1n) is 26.5. The zero-order valence-corrected chi connectivity index (χ0v) is 47.2. The molecule has 1 aromatic carbocycles. The SMILES string of the molecule is COC(=O)CN1CCN(CC(O)COCC(COCC(O)CN2CCN(CC(=O)OC)CCN(C[PH]34OC(O3)O4)CCN(CC(=O)OC)CC2)OCc2ccccc2)CCN(CC(=O)OC)CCN(C[PH]23OC(O2)O3)CC1. The van der Waals surface area contributed by atoms with E-state index >= 15 is 0 Å². The molecule has 0 saturated carbocycles. The van der Waals surface area contributed by atoms with E-state index in [0.717, 1.165) is 5.56 Å². The van der Waals surface area contributed by atoms with Gasteiger partial charge in [0, 0.05) is 0 Å². The van der Waals surface area contributed by atoms with Crippen LogP contribution in [0.5, 0.6) is 0 Å². The molecular formula is C48H84N8O19P2. The molecule has 27 nitrogen and oxygen atoms in total. The first kappa shape index (κ1) is 61.8. The van der Waals surface area contributed by atoms with Crippen LogP contribution in [0.4, 0.5) is 0 Å². The maximum atomic E-state index is 12.5. The predicted octanol–water partition coefficient (Wildman–Crippen LogP) is -1.91. The van der Waals surface area contributed by atoms with Gasteiger partial charge in [-0.3, -0.25) is 0 Å². The summed E-state index contributed by atoms with van der Waals surface area (Å²) in [6.07, 6.45) is -1.36. The molecule has 1 aromatic rings. The number of carbonyl (C=O) groups excluding carboxylic acids is 4. The summed E-state index contributed by atoms with van der Waals surface area (Å²) in [6, 6.07) is 9.70. The molecule has 4 bridgehead atoms. The number of carbonyl (C=O) groups is 4. The Morgan fingerprint density at radius 2 is 0.766 bits per heavy atom. The fraction of sp³-hybridized carbons (Fsp3) is 0.792. The first-order valence-corrected chi connectivity index (χ1v) is 30.4. The van der Waals surface area contributed by atoms with Gasteiger partial charge in [0.1, 0.15) is 6.10 Å². The summed E-state index contributed by atoms with van der Waals surface area (Å²) >= 11 is 0. The average Bonchev–Trinajstić information content (AvgIpc) is 3.40. The van der Waals surface area contributed by atoms with Crippen LogP contribution < -0.4 is 0 Å². The quantitative estimate of drug-likeness (QED) is 0.0554. The molecule has 0 radical (unpaired) electrons. The first-order chi connectivity index (χ1) is 37.2. The summed E-state index contributed by atoms with van der Waals surface area (Å²) in [5.74, 6) is -1.42. The van der Waals surface area contributed by atoms with Gasteiger partial charge in [0.25, 0.3) is 0 Å². The van der Waals surface area contributed by atoms with Gasteiger partial charge in [0.05, 0.1) is 19.8 Å². The number of ether oxygens (including phenoxy) is 7. The van der Waals surface area contributed by atoms with Crippen LogP contribution in [0.3, 0.4) is 0 Å². The van der Waals surface area contributed by atoms with Crippen LogP contribution in [0.15, 0.2) is 30.3 Å². The van der Waals surface area contributed by atoms with Crippen molar-refractivity contribution in [2.24, 2.45) is 0 Å². The minimum absolute atomic E-state index is 0.0110. The number of esters is 4. The number of benzene rings is 1. The van der Waals surface area contributed by atoms with Crippen LogP contribution in [0, 0.1) is 0 Å². The molecule has 8 heterocycles. The molecule has 0 amide bonds. The normalized spacial score (nSPS) is 25.6. The maximum absolute atomic E-state index is 12.5. The minimum atomic E-state index is -2.66. The molecule has 440 valence electrons. The third kappa shape index (κ3) is 20.6. The van der Waals surface area contributed by atoms with Gasteiger partial charge >= 0.3 is 387 Å². The van der Waals surface area contributed by atoms with Gasteiger partial charge in [0.15, 0.2) is 0 Å². The Morgan fingerprint density at radius 3 is 1.05 bits per heavy atom. The van der Waals surface area contributed by atoms with Gasteiger partial charge in [-0.1, -0.05) is 30.3 Å². The molecule has 2 unspecified atom stereocenters. The molecule has 0 spiro atoms. The summed E-state index contributed by atoms with van der Waals surface area (Å²) in [5, 5.41) is 22.9. The second-order valence-electron chi connectivity index (χ2n) is 20.0. The van der Waals surface area contributed by atoms with Crippen molar-refractivity contribution in [3.05, 3.63) is 35.9 Å². The summed E-state index contributed by atoms with van der Waals surface area (Å²) < 4.78 is 73.0. The van der Waals surface area contributed by atoms with E-state index < -0.39 is 47.2 Å². The summed E-state index contributed by atoms with van der Waals surface area (Å²) in [6.45, 7) is 8.78. The Morgan fingerprint density at radius 1 is 0.468 bits per heavy atom. The molecule has 77 heavy (non-hydrogen) atoms. The van der Waals surface area contributed by atoms with Crippen molar-refractivity contribution in [1.82, 2.24) is 39.2 Å². The summed E-state index contributed by atoms with van der Waals surface area (Å²) in [5.41, 5.74) is 0.954. The van der Waals surface area contributed by atoms with Crippen molar-refractivity contribution in [3.63, 3.8) is 0 Å². The average molecular weight is 1140 g/mol. The Balaban J connectivity index is 0.918. The second kappa shape index (κ2) is 31.4. The van der Waals surface area contributed by atoms with E-state index in [0.29, 0.717) is 117 Å². The molecular weight excluding hydrogens is 1050 g/mol. The zero-order chi connectivity index (χ0) is 54.6. The Kier molecular flexibility index (Phi) is 25.2. The molecule has 2 atom stereocenters. The molecule has 2 N–H and O–H groups in total. The van der Waals surface area contributed by atoms with Gasteiger partial charge in [-0.15, -0.1) is 0 Å². The molecule has 8 aliphatic heterocycles. The molecule has 0 aromatic heterocycles. The fourth-order valence-corrected chi connectivity index (χ4v) is 13.5. The van der Waals surface area contributed by atoms with Crippen LogP contribution >= 0.6 is 15.9 Å². The molecule has 29 heteroatoms. The number of aliphatic hydroxyl groups is 2. The molecule has 8 aliphatic rings. The van der Waals surface area contributed by atoms with Gasteiger partial charge in [-0.05, 0) is 5.56 Å². The van der Waals surface area contributed by atoms with Crippen LogP contribution in [0.1, 0.15) is 5.56 Å². The molecule has 8 saturated heterocycles. The predicted molar refractivity (Wildman–Crippen MR) is 279 cm³/mol. The van der Waals surface area contributed by atoms with Gasteiger partial charge < -0.3 is 4.74 Å². The van der Waals surface area contributed by atoms with Gasteiger partial charge in [-0.25, -0.2) is 0 Å². The number of nitrogens with zero attached hydrogens (tertiary/aromatic N) is 8. The third-order valence-electron chi connectivity index (χ3n) is 14.2. The van der Waals surface area contributed by atoms with E-state index in [2.05, 4.69) is 19.6 Å². The van der Waals surface area contributed by atoms with Crippen molar-refractivity contribution in [3.8, 4) is 0 Å². The van der Waals surface area contributed by atoms with E-state index in [-0.39, 0.29) is 96.2 Å². The van der Waals surface area contributed by atoms with E-state index in [1.807, 2.05) is 49.9 Å². The molecule has 8 fully saturated rings. The van der Waals surface area contributed by atoms with Crippen molar-refractivity contribution in [2.45, 2.75) is 37.9 Å². The van der Waals surface area contributed by atoms with Crippen molar-refractivity contribution < 1.29 is 89.7 Å². The zero-order valence-electron chi connectivity index (χ0n) is 45.2. The standard InChI is InChI=1S/C48H84N8O19P2/c1-63-43(59)28-51-14-10-49(11-15-52(29-44(60)64-2)19-23-55(22-18-51)37-76-70-47(71-76)72-76)26-40(57)33-67-35-42(69-32-39-8-6-5-7-9-39)36-68-34-41(58)27-50-12-16-53(30-45(61)65-3)20-24-56(38-77-73-48(74-77)75-77)25-21-54(17-13-50)31-46(62)66-4/h5-9,40-42,47-48,57-58,76-77H,10-38H2,1-4H3. The van der Waals surface area contributed by atoms with Gasteiger partial charge in [-0.2, -0.15) is 0 Å². The van der Waals surface area contributed by atoms with Gasteiger partial charge in [0.2, 0.25) is 0 Å². The topological polar surface area (TPSA) is 255 Å². The second-order valence-corrected chi connectivity index (χ2v) is 24.8. The number of β-amino-alcohol motifs (C(OH)–C–C–N with tert-alkyl or cyclic N) is 2. The van der Waals surface area contributed by atoms with Crippen LogP contribution in [-0.4, -0.2) is 316 Å².